The van der Waals surface area contributed by atoms with Gasteiger partial charge in [-0.05, 0) is 49.5 Å². The highest BCUT2D eigenvalue weighted by molar-refractivity contribution is 6.25. The van der Waals surface area contributed by atoms with Crippen LogP contribution in [-0.2, 0) is 0 Å². The summed E-state index contributed by atoms with van der Waals surface area (Å²) < 4.78 is 6.51. The van der Waals surface area contributed by atoms with E-state index in [2.05, 4.69) is 127 Å². The highest BCUT2D eigenvalue weighted by Gasteiger charge is 2.20. The molecule has 1 aromatic heterocycles. The van der Waals surface area contributed by atoms with E-state index in [0.717, 1.165) is 27.5 Å². The lowest BCUT2D eigenvalue weighted by molar-refractivity contribution is 0.670. The number of hydrogen-bond donors (Lipinski definition) is 0. The summed E-state index contributed by atoms with van der Waals surface area (Å²) in [6.07, 6.45) is 0. The van der Waals surface area contributed by atoms with Crippen LogP contribution in [-0.4, -0.2) is 0 Å². The van der Waals surface area contributed by atoms with Crippen molar-refractivity contribution >= 4 is 54.3 Å². The highest BCUT2D eigenvalue weighted by atomic mass is 16.3. The van der Waals surface area contributed by atoms with Crippen molar-refractivity contribution < 1.29 is 4.42 Å². The summed E-state index contributed by atoms with van der Waals surface area (Å²) >= 11 is 0. The molecule has 1 heteroatoms. The number of furan rings is 1. The average molecular weight is 471 g/mol. The third-order valence-corrected chi connectivity index (χ3v) is 7.66. The fourth-order valence-corrected chi connectivity index (χ4v) is 6.10. The lowest BCUT2D eigenvalue weighted by Gasteiger charge is -2.18. The van der Waals surface area contributed by atoms with Gasteiger partial charge in [0.15, 0.2) is 0 Å². The molecule has 0 N–H and O–H groups in total. The maximum absolute atomic E-state index is 6.51. The standard InChI is InChI=1S/C36H22O/c1-2-13-24-23(11-1)12-9-19-26(24)34-27-15-3-5-17-29(27)35(30-18-6-4-16-28(30)34)32-21-10-20-31-25-14-7-8-22-33(25)37-36(31)32/h1-22H. The van der Waals surface area contributed by atoms with E-state index in [9.17, 15) is 0 Å². The van der Waals surface area contributed by atoms with E-state index < -0.39 is 0 Å². The third kappa shape index (κ3) is 2.92. The summed E-state index contributed by atoms with van der Waals surface area (Å²) in [6, 6.07) is 47.8. The van der Waals surface area contributed by atoms with Crippen LogP contribution in [0.15, 0.2) is 138 Å². The molecule has 1 heterocycles. The normalized spacial score (nSPS) is 11.8. The number of fused-ring (bicyclic) bond motifs is 6. The Labute approximate surface area is 214 Å². The van der Waals surface area contributed by atoms with Crippen molar-refractivity contribution in [3.8, 4) is 22.3 Å². The van der Waals surface area contributed by atoms with E-state index in [1.165, 1.54) is 49.0 Å². The predicted octanol–water partition coefficient (Wildman–Crippen LogP) is 10.4. The van der Waals surface area contributed by atoms with E-state index in [-0.39, 0.29) is 0 Å². The number of rotatable bonds is 2. The molecule has 0 saturated heterocycles. The van der Waals surface area contributed by atoms with Crippen LogP contribution in [0.5, 0.6) is 0 Å². The molecule has 0 bridgehead atoms. The fourth-order valence-electron chi connectivity index (χ4n) is 6.10. The predicted molar refractivity (Wildman–Crippen MR) is 157 cm³/mol. The number of hydrogen-bond acceptors (Lipinski definition) is 1. The lowest BCUT2D eigenvalue weighted by Crippen LogP contribution is -1.91. The Balaban J connectivity index is 1.57. The van der Waals surface area contributed by atoms with E-state index >= 15 is 0 Å². The summed E-state index contributed by atoms with van der Waals surface area (Å²) in [5.74, 6) is 0. The van der Waals surface area contributed by atoms with Crippen molar-refractivity contribution in [3.05, 3.63) is 133 Å². The molecule has 0 radical (unpaired) electrons. The van der Waals surface area contributed by atoms with Crippen LogP contribution in [0.4, 0.5) is 0 Å². The first-order valence-corrected chi connectivity index (χ1v) is 12.7. The minimum absolute atomic E-state index is 0.922. The highest BCUT2D eigenvalue weighted by Crippen LogP contribution is 2.47. The average Bonchev–Trinajstić information content (AvgIpc) is 3.35. The maximum atomic E-state index is 6.51. The summed E-state index contributed by atoms with van der Waals surface area (Å²) in [7, 11) is 0. The van der Waals surface area contributed by atoms with Gasteiger partial charge in [0, 0.05) is 21.9 Å². The Kier molecular flexibility index (Phi) is 4.29. The zero-order valence-electron chi connectivity index (χ0n) is 20.1. The van der Waals surface area contributed by atoms with Gasteiger partial charge in [-0.25, -0.2) is 0 Å². The summed E-state index contributed by atoms with van der Waals surface area (Å²) in [6.45, 7) is 0. The first-order valence-electron chi connectivity index (χ1n) is 12.7. The second-order valence-corrected chi connectivity index (χ2v) is 9.65. The molecule has 8 rings (SSSR count). The topological polar surface area (TPSA) is 13.1 Å². The Morgan fingerprint density at radius 3 is 1.49 bits per heavy atom. The quantitative estimate of drug-likeness (QED) is 0.229. The van der Waals surface area contributed by atoms with Gasteiger partial charge in [-0.3, -0.25) is 0 Å². The molecule has 0 aliphatic rings. The third-order valence-electron chi connectivity index (χ3n) is 7.66. The molecule has 0 aliphatic carbocycles. The maximum Gasteiger partial charge on any atom is 0.143 e. The van der Waals surface area contributed by atoms with Gasteiger partial charge in [-0.2, -0.15) is 0 Å². The van der Waals surface area contributed by atoms with E-state index in [1.807, 2.05) is 6.07 Å². The molecule has 37 heavy (non-hydrogen) atoms. The molecule has 8 aromatic rings. The van der Waals surface area contributed by atoms with Gasteiger partial charge in [0.25, 0.3) is 0 Å². The minimum Gasteiger partial charge on any atom is -0.455 e. The van der Waals surface area contributed by atoms with E-state index in [0.29, 0.717) is 0 Å². The molecular formula is C36H22O. The molecular weight excluding hydrogens is 448 g/mol. The Morgan fingerprint density at radius 2 is 0.784 bits per heavy atom. The van der Waals surface area contributed by atoms with Crippen molar-refractivity contribution in [3.63, 3.8) is 0 Å². The Morgan fingerprint density at radius 1 is 0.324 bits per heavy atom. The minimum atomic E-state index is 0.922. The molecule has 0 atom stereocenters. The van der Waals surface area contributed by atoms with Gasteiger partial charge < -0.3 is 4.42 Å². The zero-order chi connectivity index (χ0) is 24.3. The Hall–Kier alpha value is -4.88. The largest absolute Gasteiger partial charge is 0.455 e. The van der Waals surface area contributed by atoms with Crippen LogP contribution >= 0.6 is 0 Å². The number of para-hydroxylation sites is 2. The molecule has 0 spiro atoms. The van der Waals surface area contributed by atoms with E-state index in [1.54, 1.807) is 0 Å². The van der Waals surface area contributed by atoms with Gasteiger partial charge in [0.2, 0.25) is 0 Å². The monoisotopic (exact) mass is 470 g/mol. The van der Waals surface area contributed by atoms with Crippen molar-refractivity contribution in [2.75, 3.05) is 0 Å². The second kappa shape index (κ2) is 7.81. The molecule has 0 fully saturated rings. The van der Waals surface area contributed by atoms with Gasteiger partial charge in [0.1, 0.15) is 11.2 Å². The van der Waals surface area contributed by atoms with Gasteiger partial charge in [-0.15, -0.1) is 0 Å². The lowest BCUT2D eigenvalue weighted by atomic mass is 9.84. The molecule has 7 aromatic carbocycles. The van der Waals surface area contributed by atoms with Crippen LogP contribution in [0.25, 0.3) is 76.5 Å². The second-order valence-electron chi connectivity index (χ2n) is 9.65. The molecule has 172 valence electrons. The van der Waals surface area contributed by atoms with Crippen molar-refractivity contribution in [2.45, 2.75) is 0 Å². The summed E-state index contributed by atoms with van der Waals surface area (Å²) in [5, 5.41) is 9.80. The molecule has 0 unspecified atom stereocenters. The van der Waals surface area contributed by atoms with Crippen LogP contribution in [0.1, 0.15) is 0 Å². The van der Waals surface area contributed by atoms with Crippen LogP contribution in [0, 0.1) is 0 Å². The van der Waals surface area contributed by atoms with Gasteiger partial charge in [-0.1, -0.05) is 127 Å². The Bertz CT molecular complexity index is 2080. The van der Waals surface area contributed by atoms with Crippen LogP contribution in [0.2, 0.25) is 0 Å². The van der Waals surface area contributed by atoms with Crippen molar-refractivity contribution in [1.82, 2.24) is 0 Å². The first kappa shape index (κ1) is 20.3. The fraction of sp³-hybridized carbons (Fsp3) is 0. The van der Waals surface area contributed by atoms with Gasteiger partial charge in [0.05, 0.1) is 0 Å². The van der Waals surface area contributed by atoms with Crippen molar-refractivity contribution in [2.24, 2.45) is 0 Å². The molecule has 0 amide bonds. The molecule has 0 saturated carbocycles. The molecule has 0 aliphatic heterocycles. The zero-order valence-corrected chi connectivity index (χ0v) is 20.1. The van der Waals surface area contributed by atoms with Crippen LogP contribution in [0.3, 0.4) is 0 Å². The van der Waals surface area contributed by atoms with Crippen LogP contribution < -0.4 is 0 Å². The molecule has 1 nitrogen and oxygen atoms in total. The SMILES string of the molecule is c1ccc2c(-c3c4ccccc4c(-c4cccc5c4oc4ccccc45)c4ccccc34)cccc2c1. The first-order chi connectivity index (χ1) is 18.4. The smallest absolute Gasteiger partial charge is 0.143 e. The van der Waals surface area contributed by atoms with Crippen molar-refractivity contribution in [1.29, 1.82) is 0 Å². The van der Waals surface area contributed by atoms with Gasteiger partial charge >= 0.3 is 0 Å². The summed E-state index contributed by atoms with van der Waals surface area (Å²) in [5.41, 5.74) is 6.76. The number of benzene rings is 7. The van der Waals surface area contributed by atoms with E-state index in [4.69, 9.17) is 4.42 Å². The summed E-state index contributed by atoms with van der Waals surface area (Å²) in [4.78, 5) is 0.